The van der Waals surface area contributed by atoms with E-state index in [0.29, 0.717) is 12.1 Å². The summed E-state index contributed by atoms with van der Waals surface area (Å²) >= 11 is 5.58. The highest BCUT2D eigenvalue weighted by Gasteiger charge is 2.22. The van der Waals surface area contributed by atoms with Crippen LogP contribution in [-0.2, 0) is 0 Å². The van der Waals surface area contributed by atoms with Crippen LogP contribution in [0.1, 0.15) is 44.2 Å². The van der Waals surface area contributed by atoms with E-state index < -0.39 is 0 Å². The summed E-state index contributed by atoms with van der Waals surface area (Å²) in [6.45, 7) is 2.24. The molecule has 0 radical (unpaired) electrons. The minimum Gasteiger partial charge on any atom is -0.496 e. The quantitative estimate of drug-likeness (QED) is 0.818. The Labute approximate surface area is 135 Å². The number of methoxy groups -OCH3 is 1. The summed E-state index contributed by atoms with van der Waals surface area (Å²) in [7, 11) is 1.70. The fraction of sp³-hybridized carbons (Fsp3) is 0.625. The number of halogens is 1. The highest BCUT2D eigenvalue weighted by molar-refractivity contribution is 9.10. The minimum absolute atomic E-state index is 0.382. The van der Waals surface area contributed by atoms with Gasteiger partial charge in [-0.2, -0.15) is 11.8 Å². The molecule has 1 N–H and O–H groups in total. The molecular weight excluding hydrogens is 334 g/mol. The maximum absolute atomic E-state index is 5.28. The van der Waals surface area contributed by atoms with Gasteiger partial charge in [-0.25, -0.2) is 0 Å². The van der Waals surface area contributed by atoms with Gasteiger partial charge in [-0.1, -0.05) is 6.07 Å². The molecule has 0 spiro atoms. The molecule has 112 valence electrons. The zero-order chi connectivity index (χ0) is 14.5. The SMILES string of the molecule is COc1ccc(C(C)NC2CCC(SC)CC2)cc1Br. The van der Waals surface area contributed by atoms with Crippen LogP contribution in [0.2, 0.25) is 0 Å². The maximum atomic E-state index is 5.28. The summed E-state index contributed by atoms with van der Waals surface area (Å²) in [6.07, 6.45) is 7.52. The Bertz CT molecular complexity index is 432. The van der Waals surface area contributed by atoms with Crippen LogP contribution in [0.5, 0.6) is 5.75 Å². The van der Waals surface area contributed by atoms with Crippen LogP contribution in [0.4, 0.5) is 0 Å². The predicted octanol–water partition coefficient (Wildman–Crippen LogP) is 4.78. The van der Waals surface area contributed by atoms with Gasteiger partial charge in [0.15, 0.2) is 0 Å². The summed E-state index contributed by atoms with van der Waals surface area (Å²) in [5, 5.41) is 4.65. The van der Waals surface area contributed by atoms with E-state index in [-0.39, 0.29) is 0 Å². The molecule has 0 heterocycles. The third-order valence-corrected chi connectivity index (χ3v) is 5.93. The van der Waals surface area contributed by atoms with Gasteiger partial charge in [0.2, 0.25) is 0 Å². The van der Waals surface area contributed by atoms with Gasteiger partial charge in [0.1, 0.15) is 5.75 Å². The molecule has 0 aromatic heterocycles. The molecule has 0 saturated heterocycles. The topological polar surface area (TPSA) is 21.3 Å². The van der Waals surface area contributed by atoms with Crippen molar-refractivity contribution < 1.29 is 4.74 Å². The third kappa shape index (κ3) is 4.15. The van der Waals surface area contributed by atoms with Gasteiger partial charge in [-0.3, -0.25) is 0 Å². The van der Waals surface area contributed by atoms with E-state index in [9.17, 15) is 0 Å². The lowest BCUT2D eigenvalue weighted by atomic mass is 9.93. The predicted molar refractivity (Wildman–Crippen MR) is 91.8 cm³/mol. The number of thioether (sulfide) groups is 1. The molecule has 1 aromatic carbocycles. The fourth-order valence-corrected chi connectivity index (χ4v) is 4.17. The number of benzene rings is 1. The number of ether oxygens (including phenoxy) is 1. The first-order valence-corrected chi connectivity index (χ1v) is 9.34. The van der Waals surface area contributed by atoms with E-state index in [1.54, 1.807) is 7.11 Å². The van der Waals surface area contributed by atoms with E-state index in [2.05, 4.69) is 46.6 Å². The van der Waals surface area contributed by atoms with Gasteiger partial charge in [-0.15, -0.1) is 0 Å². The van der Waals surface area contributed by atoms with Crippen molar-refractivity contribution in [1.82, 2.24) is 5.32 Å². The fourth-order valence-electron chi connectivity index (χ4n) is 2.87. The van der Waals surface area contributed by atoms with Crippen molar-refractivity contribution in [3.63, 3.8) is 0 Å². The second-order valence-electron chi connectivity index (χ2n) is 5.49. The minimum atomic E-state index is 0.382. The van der Waals surface area contributed by atoms with Gasteiger partial charge in [0.25, 0.3) is 0 Å². The number of hydrogen-bond donors (Lipinski definition) is 1. The average Bonchev–Trinajstić information content (AvgIpc) is 2.48. The highest BCUT2D eigenvalue weighted by atomic mass is 79.9. The van der Waals surface area contributed by atoms with Gasteiger partial charge >= 0.3 is 0 Å². The van der Waals surface area contributed by atoms with Crippen molar-refractivity contribution in [3.05, 3.63) is 28.2 Å². The summed E-state index contributed by atoms with van der Waals surface area (Å²) < 4.78 is 6.31. The van der Waals surface area contributed by atoms with Crippen molar-refractivity contribution in [2.75, 3.05) is 13.4 Å². The second kappa shape index (κ2) is 7.71. The maximum Gasteiger partial charge on any atom is 0.133 e. The number of rotatable bonds is 5. The second-order valence-corrected chi connectivity index (χ2v) is 7.48. The van der Waals surface area contributed by atoms with E-state index in [1.165, 1.54) is 31.2 Å². The third-order valence-electron chi connectivity index (χ3n) is 4.17. The average molecular weight is 358 g/mol. The first kappa shape index (κ1) is 16.2. The molecule has 0 bridgehead atoms. The van der Waals surface area contributed by atoms with Gasteiger partial charge in [0.05, 0.1) is 11.6 Å². The first-order chi connectivity index (χ1) is 9.63. The van der Waals surface area contributed by atoms with E-state index in [4.69, 9.17) is 4.74 Å². The molecule has 1 atom stereocenters. The molecule has 1 aliphatic carbocycles. The standard InChI is InChI=1S/C16H24BrNOS/c1-11(12-4-9-16(19-2)15(17)10-12)18-13-5-7-14(20-3)8-6-13/h4,9-11,13-14,18H,5-8H2,1-3H3. The Balaban J connectivity index is 1.91. The van der Waals surface area contributed by atoms with E-state index in [1.807, 2.05) is 17.8 Å². The summed E-state index contributed by atoms with van der Waals surface area (Å²) in [5.41, 5.74) is 1.31. The summed E-state index contributed by atoms with van der Waals surface area (Å²) in [6, 6.07) is 7.38. The lowest BCUT2D eigenvalue weighted by Gasteiger charge is -2.30. The van der Waals surface area contributed by atoms with Crippen molar-refractivity contribution in [2.24, 2.45) is 0 Å². The van der Waals surface area contributed by atoms with Crippen molar-refractivity contribution >= 4 is 27.7 Å². The molecule has 1 aromatic rings. The van der Waals surface area contributed by atoms with Crippen LogP contribution in [0.15, 0.2) is 22.7 Å². The van der Waals surface area contributed by atoms with Crippen LogP contribution >= 0.6 is 27.7 Å². The molecule has 1 fully saturated rings. The van der Waals surface area contributed by atoms with Crippen molar-refractivity contribution in [2.45, 2.75) is 49.9 Å². The van der Waals surface area contributed by atoms with Crippen LogP contribution in [-0.4, -0.2) is 24.7 Å². The largest absolute Gasteiger partial charge is 0.496 e. The Hall–Kier alpha value is -0.190. The first-order valence-electron chi connectivity index (χ1n) is 7.26. The summed E-state index contributed by atoms with van der Waals surface area (Å²) in [5.74, 6) is 0.890. The molecule has 1 saturated carbocycles. The van der Waals surface area contributed by atoms with Gasteiger partial charge < -0.3 is 10.1 Å². The molecule has 0 aliphatic heterocycles. The molecule has 2 rings (SSSR count). The van der Waals surface area contributed by atoms with Gasteiger partial charge in [0, 0.05) is 17.3 Å². The van der Waals surface area contributed by atoms with Crippen LogP contribution in [0, 0.1) is 0 Å². The van der Waals surface area contributed by atoms with Crippen LogP contribution < -0.4 is 10.1 Å². The molecule has 0 amide bonds. The molecule has 2 nitrogen and oxygen atoms in total. The Morgan fingerprint density at radius 2 is 2.00 bits per heavy atom. The monoisotopic (exact) mass is 357 g/mol. The van der Waals surface area contributed by atoms with Crippen molar-refractivity contribution in [3.8, 4) is 5.75 Å². The van der Waals surface area contributed by atoms with Crippen LogP contribution in [0.3, 0.4) is 0 Å². The lowest BCUT2D eigenvalue weighted by molar-refractivity contribution is 0.352. The highest BCUT2D eigenvalue weighted by Crippen LogP contribution is 2.30. The Morgan fingerprint density at radius 3 is 2.55 bits per heavy atom. The van der Waals surface area contributed by atoms with E-state index in [0.717, 1.165) is 15.5 Å². The number of nitrogens with one attached hydrogen (secondary N) is 1. The smallest absolute Gasteiger partial charge is 0.133 e. The molecule has 20 heavy (non-hydrogen) atoms. The molecular formula is C16H24BrNOS. The lowest BCUT2D eigenvalue weighted by Crippen LogP contribution is -2.35. The van der Waals surface area contributed by atoms with Crippen molar-refractivity contribution in [1.29, 1.82) is 0 Å². The van der Waals surface area contributed by atoms with E-state index >= 15 is 0 Å². The normalized spacial score (nSPS) is 24.4. The molecule has 1 unspecified atom stereocenters. The Kier molecular flexibility index (Phi) is 6.24. The van der Waals surface area contributed by atoms with Gasteiger partial charge in [-0.05, 0) is 72.5 Å². The number of hydrogen-bond acceptors (Lipinski definition) is 3. The molecule has 4 heteroatoms. The Morgan fingerprint density at radius 1 is 1.30 bits per heavy atom. The van der Waals surface area contributed by atoms with Crippen LogP contribution in [0.25, 0.3) is 0 Å². The zero-order valence-corrected chi connectivity index (χ0v) is 14.9. The summed E-state index contributed by atoms with van der Waals surface area (Å²) in [4.78, 5) is 0. The molecule has 1 aliphatic rings. The zero-order valence-electron chi connectivity index (χ0n) is 12.5.